The van der Waals surface area contributed by atoms with Crippen LogP contribution in [0.25, 0.3) is 0 Å². The Morgan fingerprint density at radius 2 is 1.96 bits per heavy atom. The van der Waals surface area contributed by atoms with Crippen LogP contribution in [0.5, 0.6) is 0 Å². The number of rotatable bonds is 8. The molecule has 2 amide bonds. The quantitative estimate of drug-likeness (QED) is 0.604. The summed E-state index contributed by atoms with van der Waals surface area (Å²) in [6.07, 6.45) is 3.09. The summed E-state index contributed by atoms with van der Waals surface area (Å²) < 4.78 is 0. The number of hydrogen-bond donors (Lipinski definition) is 3. The van der Waals surface area contributed by atoms with E-state index in [2.05, 4.69) is 48.7 Å². The molecule has 3 atom stereocenters. The lowest BCUT2D eigenvalue weighted by molar-refractivity contribution is -0.147. The van der Waals surface area contributed by atoms with Gasteiger partial charge in [-0.1, -0.05) is 38.1 Å². The van der Waals surface area contributed by atoms with Crippen molar-refractivity contribution in [2.45, 2.75) is 70.1 Å². The summed E-state index contributed by atoms with van der Waals surface area (Å²) in [5, 5.41) is 6.43. The Hall–Kier alpha value is -1.92. The highest BCUT2D eigenvalue weighted by atomic mass is 16.2. The minimum Gasteiger partial charge on any atom is -0.343 e. The maximum absolute atomic E-state index is 12.7. The van der Waals surface area contributed by atoms with Gasteiger partial charge in [-0.25, -0.2) is 0 Å². The predicted molar refractivity (Wildman–Crippen MR) is 106 cm³/mol. The van der Waals surface area contributed by atoms with Crippen LogP contribution in [0.3, 0.4) is 0 Å². The van der Waals surface area contributed by atoms with Crippen molar-refractivity contribution in [1.82, 2.24) is 15.5 Å². The fourth-order valence-corrected chi connectivity index (χ4v) is 3.98. The number of carbonyl (C=O) groups is 2. The maximum atomic E-state index is 12.7. The molecule has 2 heterocycles. The third-order valence-electron chi connectivity index (χ3n) is 5.69. The van der Waals surface area contributed by atoms with Crippen LogP contribution in [0.15, 0.2) is 24.3 Å². The molecule has 0 bridgehead atoms. The third kappa shape index (κ3) is 4.68. The molecule has 1 aromatic carbocycles. The van der Waals surface area contributed by atoms with Gasteiger partial charge in [-0.2, -0.15) is 0 Å². The van der Waals surface area contributed by atoms with E-state index in [0.717, 1.165) is 19.4 Å². The summed E-state index contributed by atoms with van der Waals surface area (Å²) in [6, 6.07) is 8.07. The zero-order valence-electron chi connectivity index (χ0n) is 16.4. The van der Waals surface area contributed by atoms with Gasteiger partial charge in [0.1, 0.15) is 12.1 Å². The molecule has 0 aromatic heterocycles. The second-order valence-corrected chi connectivity index (χ2v) is 8.06. The zero-order valence-corrected chi connectivity index (χ0v) is 16.4. The van der Waals surface area contributed by atoms with Crippen LogP contribution in [-0.2, 0) is 16.1 Å². The predicted octanol–water partition coefficient (Wildman–Crippen LogP) is 1.50. The Bertz CT molecular complexity index is 659. The molecular formula is C21H32N4O2. The molecule has 6 heteroatoms. The molecule has 2 fully saturated rings. The number of nitrogens with zero attached hydrogens (tertiary/aromatic N) is 1. The van der Waals surface area contributed by atoms with Gasteiger partial charge in [-0.15, -0.1) is 0 Å². The normalized spacial score (nSPS) is 25.0. The van der Waals surface area contributed by atoms with Crippen LogP contribution in [0, 0.1) is 0 Å². The highest BCUT2D eigenvalue weighted by Gasteiger charge is 2.45. The fourth-order valence-electron chi connectivity index (χ4n) is 3.98. The van der Waals surface area contributed by atoms with Crippen molar-refractivity contribution in [3.05, 3.63) is 35.4 Å². The highest BCUT2D eigenvalue weighted by molar-refractivity contribution is 5.97. The van der Waals surface area contributed by atoms with E-state index in [-0.39, 0.29) is 29.9 Å². The molecule has 6 nitrogen and oxygen atoms in total. The van der Waals surface area contributed by atoms with E-state index in [1.165, 1.54) is 11.1 Å². The smallest absolute Gasteiger partial charge is 0.245 e. The van der Waals surface area contributed by atoms with E-state index in [1.807, 2.05) is 0 Å². The van der Waals surface area contributed by atoms with Gasteiger partial charge in [0, 0.05) is 19.1 Å². The van der Waals surface area contributed by atoms with Crippen LogP contribution >= 0.6 is 0 Å². The van der Waals surface area contributed by atoms with Gasteiger partial charge in [-0.05, 0) is 49.3 Å². The fraction of sp³-hybridized carbons (Fsp3) is 0.619. The van der Waals surface area contributed by atoms with E-state index in [1.54, 1.807) is 4.90 Å². The summed E-state index contributed by atoms with van der Waals surface area (Å²) >= 11 is 0. The number of piperazine rings is 1. The monoisotopic (exact) mass is 372 g/mol. The number of amides is 2. The SMILES string of the molecule is CC(C)c1ccc(CN[C@H]2C[C@H]3C(=O)N[C@@H](CCCCN)C(=O)N3C2)cc1. The number of benzene rings is 1. The lowest BCUT2D eigenvalue weighted by Gasteiger charge is -2.34. The van der Waals surface area contributed by atoms with E-state index in [9.17, 15) is 9.59 Å². The number of unbranched alkanes of at least 4 members (excludes halogenated alkanes) is 1. The third-order valence-corrected chi connectivity index (χ3v) is 5.69. The van der Waals surface area contributed by atoms with Crippen LogP contribution < -0.4 is 16.4 Å². The molecule has 27 heavy (non-hydrogen) atoms. The Morgan fingerprint density at radius 1 is 1.22 bits per heavy atom. The Kier molecular flexibility index (Phi) is 6.50. The van der Waals surface area contributed by atoms with Gasteiger partial charge in [0.15, 0.2) is 0 Å². The van der Waals surface area contributed by atoms with Gasteiger partial charge in [0.2, 0.25) is 11.8 Å². The second-order valence-electron chi connectivity index (χ2n) is 8.06. The molecule has 2 saturated heterocycles. The minimum absolute atomic E-state index is 0.0158. The topological polar surface area (TPSA) is 87.5 Å². The molecule has 148 valence electrons. The molecular weight excluding hydrogens is 340 g/mol. The molecule has 0 unspecified atom stereocenters. The number of nitrogens with one attached hydrogen (secondary N) is 2. The summed E-state index contributed by atoms with van der Waals surface area (Å²) in [6.45, 7) is 6.35. The Labute approximate surface area is 161 Å². The van der Waals surface area contributed by atoms with Crippen LogP contribution in [0.2, 0.25) is 0 Å². The van der Waals surface area contributed by atoms with Crippen LogP contribution in [0.4, 0.5) is 0 Å². The molecule has 0 saturated carbocycles. The van der Waals surface area contributed by atoms with Crippen LogP contribution in [-0.4, -0.2) is 47.9 Å². The standard InChI is InChI=1S/C21H32N4O2/c1-14(2)16-8-6-15(7-9-16)12-23-17-11-19-20(26)24-18(5-3-4-10-22)21(27)25(19)13-17/h6-9,14,17-19,23H,3-5,10-13,22H2,1-2H3,(H,24,26)/t17-,18-,19-/m0/s1. The summed E-state index contributed by atoms with van der Waals surface area (Å²) in [4.78, 5) is 26.9. The first-order valence-electron chi connectivity index (χ1n) is 10.1. The highest BCUT2D eigenvalue weighted by Crippen LogP contribution is 2.24. The molecule has 1 aromatic rings. The largest absolute Gasteiger partial charge is 0.343 e. The average Bonchev–Trinajstić information content (AvgIpc) is 3.10. The van der Waals surface area contributed by atoms with Gasteiger partial charge in [0.05, 0.1) is 0 Å². The van der Waals surface area contributed by atoms with Crippen molar-refractivity contribution < 1.29 is 9.59 Å². The first-order chi connectivity index (χ1) is 13.0. The van der Waals surface area contributed by atoms with Gasteiger partial charge in [-0.3, -0.25) is 9.59 Å². The van der Waals surface area contributed by atoms with Crippen molar-refractivity contribution in [1.29, 1.82) is 0 Å². The van der Waals surface area contributed by atoms with Crippen molar-refractivity contribution in [2.24, 2.45) is 5.73 Å². The van der Waals surface area contributed by atoms with E-state index in [4.69, 9.17) is 5.73 Å². The Balaban J connectivity index is 1.53. The molecule has 4 N–H and O–H groups in total. The summed E-state index contributed by atoms with van der Waals surface area (Å²) in [5.41, 5.74) is 8.08. The Morgan fingerprint density at radius 3 is 2.63 bits per heavy atom. The second kappa shape index (κ2) is 8.85. The number of fused-ring (bicyclic) bond motifs is 1. The zero-order chi connectivity index (χ0) is 19.4. The summed E-state index contributed by atoms with van der Waals surface area (Å²) in [5.74, 6) is 0.570. The minimum atomic E-state index is -0.386. The molecule has 0 aliphatic carbocycles. The van der Waals surface area contributed by atoms with Crippen molar-refractivity contribution >= 4 is 11.8 Å². The van der Waals surface area contributed by atoms with E-state index < -0.39 is 0 Å². The number of carbonyl (C=O) groups excluding carboxylic acids is 2. The van der Waals surface area contributed by atoms with E-state index >= 15 is 0 Å². The average molecular weight is 373 g/mol. The van der Waals surface area contributed by atoms with Crippen molar-refractivity contribution in [3.63, 3.8) is 0 Å². The molecule has 0 spiro atoms. The van der Waals surface area contributed by atoms with Crippen molar-refractivity contribution in [2.75, 3.05) is 13.1 Å². The lowest BCUT2D eigenvalue weighted by Crippen LogP contribution is -2.61. The van der Waals surface area contributed by atoms with Crippen molar-refractivity contribution in [3.8, 4) is 0 Å². The van der Waals surface area contributed by atoms with Gasteiger partial charge in [0.25, 0.3) is 0 Å². The first kappa shape index (κ1) is 19.8. The van der Waals surface area contributed by atoms with E-state index in [0.29, 0.717) is 31.8 Å². The van der Waals surface area contributed by atoms with Gasteiger partial charge >= 0.3 is 0 Å². The molecule has 3 rings (SSSR count). The number of hydrogen-bond acceptors (Lipinski definition) is 4. The summed E-state index contributed by atoms with van der Waals surface area (Å²) in [7, 11) is 0. The maximum Gasteiger partial charge on any atom is 0.245 e. The molecule has 2 aliphatic heterocycles. The van der Waals surface area contributed by atoms with Gasteiger partial charge < -0.3 is 21.3 Å². The molecule has 0 radical (unpaired) electrons. The first-order valence-corrected chi connectivity index (χ1v) is 10.1. The van der Waals surface area contributed by atoms with Crippen LogP contribution in [0.1, 0.15) is 56.6 Å². The number of nitrogens with two attached hydrogens (primary N) is 1. The molecule has 2 aliphatic rings. The lowest BCUT2D eigenvalue weighted by atomic mass is 10.0.